The summed E-state index contributed by atoms with van der Waals surface area (Å²) in [6.45, 7) is 5.38. The van der Waals surface area contributed by atoms with E-state index in [2.05, 4.69) is 12.2 Å². The van der Waals surface area contributed by atoms with Gasteiger partial charge in [0, 0.05) is 6.54 Å². The first-order valence-electron chi connectivity index (χ1n) is 11.7. The molecule has 3 nitrogen and oxygen atoms in total. The summed E-state index contributed by atoms with van der Waals surface area (Å²) in [4.78, 5) is 11.1. The van der Waals surface area contributed by atoms with Crippen molar-refractivity contribution in [3.8, 4) is 0 Å². The molecular formula is C23H47NO2. The summed E-state index contributed by atoms with van der Waals surface area (Å²) >= 11 is 0. The monoisotopic (exact) mass is 369 g/mol. The topological polar surface area (TPSA) is 38.3 Å². The summed E-state index contributed by atoms with van der Waals surface area (Å²) in [5.41, 5.74) is 0. The van der Waals surface area contributed by atoms with Crippen molar-refractivity contribution < 1.29 is 9.53 Å². The van der Waals surface area contributed by atoms with Crippen LogP contribution >= 0.6 is 0 Å². The minimum atomic E-state index is -0.278. The smallest absolute Gasteiger partial charge is 0.407 e. The molecule has 156 valence electrons. The number of carbonyl (C=O) groups excluding carboxylic acids is 1. The minimum absolute atomic E-state index is 0.278. The standard InChI is InChI=1S/C23H47NO2/c1-3-5-6-7-8-9-10-11-12-13-14-15-16-17-18-19-20-21-22-26-23(25)24-4-2/h3-22H2,1-2H3,(H,24,25). The highest BCUT2D eigenvalue weighted by atomic mass is 16.5. The van der Waals surface area contributed by atoms with E-state index < -0.39 is 0 Å². The molecule has 0 saturated heterocycles. The molecule has 3 heteroatoms. The van der Waals surface area contributed by atoms with E-state index in [9.17, 15) is 4.79 Å². The van der Waals surface area contributed by atoms with Crippen LogP contribution in [-0.4, -0.2) is 19.2 Å². The Morgan fingerprint density at radius 2 is 0.923 bits per heavy atom. The summed E-state index contributed by atoms with van der Waals surface area (Å²) in [5.74, 6) is 0. The SMILES string of the molecule is CCCCCCCCCCCCCCCCCCCCOC(=O)NCC. The average Bonchev–Trinajstić information content (AvgIpc) is 2.64. The van der Waals surface area contributed by atoms with Crippen LogP contribution in [0.1, 0.15) is 129 Å². The van der Waals surface area contributed by atoms with E-state index >= 15 is 0 Å². The zero-order valence-electron chi connectivity index (χ0n) is 18.0. The van der Waals surface area contributed by atoms with E-state index in [1.807, 2.05) is 6.92 Å². The second kappa shape index (κ2) is 22.3. The normalized spacial score (nSPS) is 10.8. The van der Waals surface area contributed by atoms with Crippen LogP contribution in [0.5, 0.6) is 0 Å². The number of unbranched alkanes of at least 4 members (excludes halogenated alkanes) is 17. The maximum absolute atomic E-state index is 11.1. The van der Waals surface area contributed by atoms with Crippen LogP contribution in [0.15, 0.2) is 0 Å². The highest BCUT2D eigenvalue weighted by Gasteiger charge is 1.98. The molecule has 0 unspecified atom stereocenters. The second-order valence-corrected chi connectivity index (χ2v) is 7.68. The lowest BCUT2D eigenvalue weighted by atomic mass is 10.0. The van der Waals surface area contributed by atoms with Gasteiger partial charge in [-0.15, -0.1) is 0 Å². The Morgan fingerprint density at radius 3 is 1.27 bits per heavy atom. The molecule has 26 heavy (non-hydrogen) atoms. The number of ether oxygens (including phenoxy) is 1. The van der Waals surface area contributed by atoms with Crippen LogP contribution in [0.3, 0.4) is 0 Å². The van der Waals surface area contributed by atoms with Crippen LogP contribution < -0.4 is 5.32 Å². The first-order valence-corrected chi connectivity index (χ1v) is 11.7. The molecule has 0 aliphatic carbocycles. The Bertz CT molecular complexity index is 281. The molecule has 0 aliphatic rings. The first kappa shape index (κ1) is 25.3. The van der Waals surface area contributed by atoms with Crippen LogP contribution in [0.2, 0.25) is 0 Å². The highest BCUT2D eigenvalue weighted by Crippen LogP contribution is 2.14. The Hall–Kier alpha value is -0.730. The van der Waals surface area contributed by atoms with E-state index in [1.165, 1.54) is 109 Å². The van der Waals surface area contributed by atoms with Crippen LogP contribution in [-0.2, 0) is 4.74 Å². The lowest BCUT2D eigenvalue weighted by molar-refractivity contribution is 0.144. The van der Waals surface area contributed by atoms with Crippen LogP contribution in [0.25, 0.3) is 0 Å². The van der Waals surface area contributed by atoms with Crippen molar-refractivity contribution in [2.45, 2.75) is 129 Å². The van der Waals surface area contributed by atoms with Gasteiger partial charge in [0.1, 0.15) is 0 Å². The van der Waals surface area contributed by atoms with Gasteiger partial charge in [-0.2, -0.15) is 0 Å². The van der Waals surface area contributed by atoms with Crippen molar-refractivity contribution in [3.63, 3.8) is 0 Å². The van der Waals surface area contributed by atoms with Gasteiger partial charge < -0.3 is 10.1 Å². The van der Waals surface area contributed by atoms with Crippen molar-refractivity contribution in [3.05, 3.63) is 0 Å². The van der Waals surface area contributed by atoms with Gasteiger partial charge in [-0.05, 0) is 13.3 Å². The summed E-state index contributed by atoms with van der Waals surface area (Å²) in [6, 6.07) is 0. The van der Waals surface area contributed by atoms with Crippen molar-refractivity contribution in [2.24, 2.45) is 0 Å². The number of nitrogens with one attached hydrogen (secondary N) is 1. The fraction of sp³-hybridized carbons (Fsp3) is 0.957. The fourth-order valence-electron chi connectivity index (χ4n) is 3.36. The van der Waals surface area contributed by atoms with Gasteiger partial charge in [0.05, 0.1) is 6.61 Å². The van der Waals surface area contributed by atoms with Gasteiger partial charge >= 0.3 is 6.09 Å². The predicted octanol–water partition coefficient (Wildman–Crippen LogP) is 7.77. The van der Waals surface area contributed by atoms with Crippen molar-refractivity contribution in [1.82, 2.24) is 5.32 Å². The third kappa shape index (κ3) is 21.3. The molecular weight excluding hydrogens is 322 g/mol. The second-order valence-electron chi connectivity index (χ2n) is 7.68. The Morgan fingerprint density at radius 1 is 0.577 bits per heavy atom. The van der Waals surface area contributed by atoms with Gasteiger partial charge in [-0.3, -0.25) is 0 Å². The van der Waals surface area contributed by atoms with E-state index in [1.54, 1.807) is 0 Å². The molecule has 0 aromatic heterocycles. The quantitative estimate of drug-likeness (QED) is 0.222. The number of alkyl carbamates (subject to hydrolysis) is 1. The number of rotatable bonds is 20. The number of hydrogen-bond donors (Lipinski definition) is 1. The van der Waals surface area contributed by atoms with Gasteiger partial charge in [-0.25, -0.2) is 4.79 Å². The number of carbonyl (C=O) groups is 1. The van der Waals surface area contributed by atoms with Gasteiger partial charge in [0.25, 0.3) is 0 Å². The van der Waals surface area contributed by atoms with Crippen molar-refractivity contribution in [2.75, 3.05) is 13.2 Å². The molecule has 0 spiro atoms. The molecule has 0 fully saturated rings. The van der Waals surface area contributed by atoms with E-state index in [4.69, 9.17) is 4.74 Å². The summed E-state index contributed by atoms with van der Waals surface area (Å²) in [7, 11) is 0. The molecule has 0 aromatic rings. The van der Waals surface area contributed by atoms with Crippen molar-refractivity contribution in [1.29, 1.82) is 0 Å². The fourth-order valence-corrected chi connectivity index (χ4v) is 3.36. The molecule has 1 amide bonds. The largest absolute Gasteiger partial charge is 0.450 e. The molecule has 0 aromatic carbocycles. The molecule has 0 radical (unpaired) electrons. The lowest BCUT2D eigenvalue weighted by Crippen LogP contribution is -2.23. The Balaban J connectivity index is 3.02. The summed E-state index contributed by atoms with van der Waals surface area (Å²) in [6.07, 6.45) is 24.5. The van der Waals surface area contributed by atoms with E-state index in [0.717, 1.165) is 6.42 Å². The zero-order chi connectivity index (χ0) is 19.1. The highest BCUT2D eigenvalue weighted by molar-refractivity contribution is 5.66. The third-order valence-electron chi connectivity index (χ3n) is 5.05. The molecule has 1 N–H and O–H groups in total. The number of amides is 1. The van der Waals surface area contributed by atoms with Crippen LogP contribution in [0, 0.1) is 0 Å². The van der Waals surface area contributed by atoms with E-state index in [0.29, 0.717) is 13.2 Å². The maximum atomic E-state index is 11.1. The molecule has 0 rings (SSSR count). The lowest BCUT2D eigenvalue weighted by Gasteiger charge is -2.05. The summed E-state index contributed by atoms with van der Waals surface area (Å²) < 4.78 is 5.06. The summed E-state index contributed by atoms with van der Waals surface area (Å²) in [5, 5.41) is 2.64. The predicted molar refractivity (Wildman–Crippen MR) is 114 cm³/mol. The van der Waals surface area contributed by atoms with Crippen LogP contribution in [0.4, 0.5) is 4.79 Å². The zero-order valence-corrected chi connectivity index (χ0v) is 18.0. The first-order chi connectivity index (χ1) is 12.8. The average molecular weight is 370 g/mol. The number of hydrogen-bond acceptors (Lipinski definition) is 2. The van der Waals surface area contributed by atoms with Crippen molar-refractivity contribution >= 4 is 6.09 Å². The third-order valence-corrected chi connectivity index (χ3v) is 5.05. The molecule has 0 bridgehead atoms. The van der Waals surface area contributed by atoms with E-state index in [-0.39, 0.29) is 6.09 Å². The molecule has 0 aliphatic heterocycles. The molecule has 0 heterocycles. The Kier molecular flexibility index (Phi) is 21.7. The Labute approximate surface area is 164 Å². The molecule has 0 saturated carbocycles. The minimum Gasteiger partial charge on any atom is -0.450 e. The van der Waals surface area contributed by atoms with Gasteiger partial charge in [0.15, 0.2) is 0 Å². The maximum Gasteiger partial charge on any atom is 0.407 e. The molecule has 0 atom stereocenters. The van der Waals surface area contributed by atoms with Gasteiger partial charge in [0.2, 0.25) is 0 Å². The van der Waals surface area contributed by atoms with Gasteiger partial charge in [-0.1, -0.05) is 116 Å².